The second-order valence-electron chi connectivity index (χ2n) is 6.10. The van der Waals surface area contributed by atoms with E-state index in [9.17, 15) is 18.8 Å². The summed E-state index contributed by atoms with van der Waals surface area (Å²) < 4.78 is 21.0. The van der Waals surface area contributed by atoms with Crippen molar-refractivity contribution in [1.29, 1.82) is 0 Å². The molecule has 2 aromatic carbocycles. The van der Waals surface area contributed by atoms with Crippen LogP contribution in [0.15, 0.2) is 59.4 Å². The number of aromatic nitrogens is 2. The number of esters is 1. The first-order chi connectivity index (χ1) is 14.0. The minimum Gasteiger partial charge on any atom is -0.458 e. The van der Waals surface area contributed by atoms with Crippen molar-refractivity contribution in [2.45, 2.75) is 6.61 Å². The lowest BCUT2D eigenvalue weighted by Gasteiger charge is -2.07. The highest BCUT2D eigenvalue weighted by molar-refractivity contribution is 7.23. The minimum absolute atomic E-state index is 0.162. The Bertz CT molecular complexity index is 1300. The molecule has 0 unspecified atom stereocenters. The van der Waals surface area contributed by atoms with Crippen molar-refractivity contribution in [2.24, 2.45) is 0 Å². The van der Waals surface area contributed by atoms with E-state index in [-0.39, 0.29) is 17.7 Å². The number of fused-ring (bicyclic) bond motifs is 3. The maximum absolute atomic E-state index is 13.6. The number of carbonyl (C=O) groups excluding carboxylic acids is 2. The summed E-state index contributed by atoms with van der Waals surface area (Å²) in [5, 5.41) is 2.30. The van der Waals surface area contributed by atoms with Gasteiger partial charge in [0.15, 0.2) is 4.96 Å². The standard InChI is InChI=1S/C20H14FN3O4S/c21-14-6-2-1-5-13(14)19(27)22-10-18(26)28-11-12-9-17(25)24-15-7-3-4-8-16(15)29-20(24)23-12/h1-9H,10-11H2,(H,22,27). The first-order valence-corrected chi connectivity index (χ1v) is 9.43. The van der Waals surface area contributed by atoms with E-state index in [1.54, 1.807) is 0 Å². The number of halogens is 1. The fourth-order valence-corrected chi connectivity index (χ4v) is 3.85. The Morgan fingerprint density at radius 2 is 1.90 bits per heavy atom. The van der Waals surface area contributed by atoms with Gasteiger partial charge in [-0.25, -0.2) is 9.37 Å². The number of carbonyl (C=O) groups is 2. The first kappa shape index (κ1) is 18.8. The van der Waals surface area contributed by atoms with Gasteiger partial charge in [0.05, 0.1) is 21.5 Å². The average molecular weight is 411 g/mol. The van der Waals surface area contributed by atoms with E-state index in [0.29, 0.717) is 10.7 Å². The summed E-state index contributed by atoms with van der Waals surface area (Å²) >= 11 is 1.36. The smallest absolute Gasteiger partial charge is 0.325 e. The fraction of sp³-hybridized carbons (Fsp3) is 0.100. The van der Waals surface area contributed by atoms with E-state index < -0.39 is 24.2 Å². The van der Waals surface area contributed by atoms with Crippen LogP contribution in [-0.4, -0.2) is 27.8 Å². The molecule has 1 amide bonds. The molecule has 0 fully saturated rings. The van der Waals surface area contributed by atoms with E-state index in [4.69, 9.17) is 4.74 Å². The van der Waals surface area contributed by atoms with E-state index >= 15 is 0 Å². The average Bonchev–Trinajstić information content (AvgIpc) is 3.09. The van der Waals surface area contributed by atoms with Gasteiger partial charge in [-0.1, -0.05) is 35.6 Å². The van der Waals surface area contributed by atoms with Gasteiger partial charge in [-0.05, 0) is 24.3 Å². The number of benzene rings is 2. The predicted octanol–water partition coefficient (Wildman–Crippen LogP) is 2.52. The third kappa shape index (κ3) is 3.85. The monoisotopic (exact) mass is 411 g/mol. The zero-order valence-electron chi connectivity index (χ0n) is 14.9. The number of thiazole rings is 1. The van der Waals surface area contributed by atoms with Gasteiger partial charge in [-0.15, -0.1) is 0 Å². The molecule has 2 aromatic heterocycles. The van der Waals surface area contributed by atoms with Crippen molar-refractivity contribution < 1.29 is 18.7 Å². The van der Waals surface area contributed by atoms with E-state index in [2.05, 4.69) is 10.3 Å². The Kier molecular flexibility index (Phi) is 5.05. The number of hydrogen-bond acceptors (Lipinski definition) is 6. The summed E-state index contributed by atoms with van der Waals surface area (Å²) in [4.78, 5) is 41.1. The number of nitrogens with one attached hydrogen (secondary N) is 1. The molecule has 0 saturated heterocycles. The lowest BCUT2D eigenvalue weighted by atomic mass is 10.2. The van der Waals surface area contributed by atoms with Gasteiger partial charge in [-0.3, -0.25) is 18.8 Å². The van der Waals surface area contributed by atoms with Crippen LogP contribution in [0.5, 0.6) is 0 Å². The van der Waals surface area contributed by atoms with Crippen LogP contribution in [0.3, 0.4) is 0 Å². The molecule has 0 radical (unpaired) electrons. The van der Waals surface area contributed by atoms with E-state index in [0.717, 1.165) is 16.3 Å². The predicted molar refractivity (Wildman–Crippen MR) is 105 cm³/mol. The molecule has 2 heterocycles. The van der Waals surface area contributed by atoms with Gasteiger partial charge in [0, 0.05) is 6.07 Å². The first-order valence-electron chi connectivity index (χ1n) is 8.61. The SMILES string of the molecule is O=C(CNC(=O)c1ccccc1F)OCc1cc(=O)n2c(n1)sc1ccccc12. The zero-order chi connectivity index (χ0) is 20.4. The molecular weight excluding hydrogens is 397 g/mol. The number of hydrogen-bond donors (Lipinski definition) is 1. The Labute approximate surface area is 167 Å². The summed E-state index contributed by atoms with van der Waals surface area (Å²) in [6.07, 6.45) is 0. The van der Waals surface area contributed by atoms with Crippen molar-refractivity contribution in [1.82, 2.24) is 14.7 Å². The van der Waals surface area contributed by atoms with E-state index in [1.807, 2.05) is 24.3 Å². The van der Waals surface area contributed by atoms with Crippen LogP contribution in [0.2, 0.25) is 0 Å². The third-order valence-electron chi connectivity index (χ3n) is 4.14. The van der Waals surface area contributed by atoms with Gasteiger partial charge in [0.1, 0.15) is 19.0 Å². The molecule has 1 N–H and O–H groups in total. The highest BCUT2D eigenvalue weighted by atomic mass is 32.1. The van der Waals surface area contributed by atoms with Crippen LogP contribution in [-0.2, 0) is 16.1 Å². The zero-order valence-corrected chi connectivity index (χ0v) is 15.7. The van der Waals surface area contributed by atoms with Crippen LogP contribution in [0.1, 0.15) is 16.1 Å². The molecule has 0 spiro atoms. The van der Waals surface area contributed by atoms with Crippen LogP contribution in [0.25, 0.3) is 15.2 Å². The highest BCUT2D eigenvalue weighted by Crippen LogP contribution is 2.23. The number of nitrogens with zero attached hydrogens (tertiary/aromatic N) is 2. The minimum atomic E-state index is -0.729. The lowest BCUT2D eigenvalue weighted by Crippen LogP contribution is -2.31. The second-order valence-corrected chi connectivity index (χ2v) is 7.11. The molecule has 9 heteroatoms. The molecule has 29 heavy (non-hydrogen) atoms. The molecule has 0 aliphatic carbocycles. The number of ether oxygens (including phenoxy) is 1. The van der Waals surface area contributed by atoms with Crippen molar-refractivity contribution in [3.05, 3.63) is 82.0 Å². The normalized spacial score (nSPS) is 10.9. The summed E-state index contributed by atoms with van der Waals surface area (Å²) in [6.45, 7) is -0.647. The quantitative estimate of drug-likeness (QED) is 0.510. The number of amides is 1. The summed E-state index contributed by atoms with van der Waals surface area (Å²) in [5.74, 6) is -2.13. The Hall–Kier alpha value is -3.59. The molecule has 7 nitrogen and oxygen atoms in total. The lowest BCUT2D eigenvalue weighted by molar-refractivity contribution is -0.143. The third-order valence-corrected chi connectivity index (χ3v) is 5.16. The molecular formula is C20H14FN3O4S. The summed E-state index contributed by atoms with van der Waals surface area (Å²) in [7, 11) is 0. The topological polar surface area (TPSA) is 89.8 Å². The molecule has 0 saturated carbocycles. The Balaban J connectivity index is 1.41. The largest absolute Gasteiger partial charge is 0.458 e. The summed E-state index contributed by atoms with van der Waals surface area (Å²) in [5.41, 5.74) is 0.635. The van der Waals surface area contributed by atoms with Gasteiger partial charge >= 0.3 is 5.97 Å². The maximum Gasteiger partial charge on any atom is 0.325 e. The van der Waals surface area contributed by atoms with Crippen molar-refractivity contribution >= 4 is 38.4 Å². The van der Waals surface area contributed by atoms with Crippen molar-refractivity contribution in [3.8, 4) is 0 Å². The van der Waals surface area contributed by atoms with Crippen molar-refractivity contribution in [3.63, 3.8) is 0 Å². The number of para-hydroxylation sites is 1. The molecule has 4 aromatic rings. The molecule has 0 aliphatic rings. The van der Waals surface area contributed by atoms with E-state index in [1.165, 1.54) is 40.0 Å². The highest BCUT2D eigenvalue weighted by Gasteiger charge is 2.14. The number of rotatable bonds is 5. The van der Waals surface area contributed by atoms with Crippen LogP contribution >= 0.6 is 11.3 Å². The Morgan fingerprint density at radius 3 is 2.72 bits per heavy atom. The maximum atomic E-state index is 13.6. The van der Waals surface area contributed by atoms with Crippen LogP contribution in [0.4, 0.5) is 4.39 Å². The van der Waals surface area contributed by atoms with Gasteiger partial charge in [0.25, 0.3) is 11.5 Å². The fourth-order valence-electron chi connectivity index (χ4n) is 2.80. The molecule has 146 valence electrons. The van der Waals surface area contributed by atoms with Crippen LogP contribution < -0.4 is 10.9 Å². The summed E-state index contributed by atoms with van der Waals surface area (Å²) in [6, 6.07) is 14.2. The second kappa shape index (κ2) is 7.80. The van der Waals surface area contributed by atoms with Crippen LogP contribution in [0, 0.1) is 5.82 Å². The Morgan fingerprint density at radius 1 is 1.14 bits per heavy atom. The molecule has 4 rings (SSSR count). The molecule has 0 aliphatic heterocycles. The van der Waals surface area contributed by atoms with Gasteiger partial charge in [0.2, 0.25) is 0 Å². The molecule has 0 bridgehead atoms. The molecule has 0 atom stereocenters. The van der Waals surface area contributed by atoms with Crippen molar-refractivity contribution in [2.75, 3.05) is 6.54 Å². The van der Waals surface area contributed by atoms with Gasteiger partial charge in [-0.2, -0.15) is 0 Å². The van der Waals surface area contributed by atoms with Gasteiger partial charge < -0.3 is 10.1 Å².